The van der Waals surface area contributed by atoms with E-state index in [1.165, 1.54) is 31.1 Å². The fourth-order valence-electron chi connectivity index (χ4n) is 7.26. The van der Waals surface area contributed by atoms with Crippen LogP contribution < -0.4 is 4.90 Å². The van der Waals surface area contributed by atoms with E-state index in [4.69, 9.17) is 15.0 Å². The lowest BCUT2D eigenvalue weighted by molar-refractivity contribution is 1.08. The summed E-state index contributed by atoms with van der Waals surface area (Å²) in [6.07, 6.45) is 0. The molecule has 0 amide bonds. The summed E-state index contributed by atoms with van der Waals surface area (Å²) in [6, 6.07) is 68.1. The fourth-order valence-corrected chi connectivity index (χ4v) is 8.43. The van der Waals surface area contributed by atoms with Crippen LogP contribution in [0.15, 0.2) is 194 Å². The maximum Gasteiger partial charge on any atom is 0.164 e. The van der Waals surface area contributed by atoms with Gasteiger partial charge in [-0.2, -0.15) is 0 Å². The second-order valence-corrected chi connectivity index (χ2v) is 14.4. The molecule has 0 saturated heterocycles. The van der Waals surface area contributed by atoms with Gasteiger partial charge in [0.2, 0.25) is 0 Å². The summed E-state index contributed by atoms with van der Waals surface area (Å²) >= 11 is 1.80. The van der Waals surface area contributed by atoms with Crippen LogP contribution in [0.5, 0.6) is 0 Å². The van der Waals surface area contributed by atoms with Crippen LogP contribution in [0.2, 0.25) is 0 Å². The maximum atomic E-state index is 5.18. The highest BCUT2D eigenvalue weighted by molar-refractivity contribution is 7.26. The number of benzene rings is 8. The van der Waals surface area contributed by atoms with E-state index in [1.807, 2.05) is 18.2 Å². The monoisotopic (exact) mass is 708 g/mol. The third-order valence-corrected chi connectivity index (χ3v) is 11.0. The third kappa shape index (κ3) is 5.87. The minimum atomic E-state index is 0.643. The number of anilines is 3. The molecule has 10 rings (SSSR count). The van der Waals surface area contributed by atoms with Gasteiger partial charge in [-0.05, 0) is 70.4 Å². The molecular weight excluding hydrogens is 677 g/mol. The van der Waals surface area contributed by atoms with Crippen molar-refractivity contribution >= 4 is 59.3 Å². The van der Waals surface area contributed by atoms with E-state index < -0.39 is 0 Å². The molecule has 0 aliphatic carbocycles. The lowest BCUT2D eigenvalue weighted by atomic mass is 10.00. The number of nitrogens with zero attached hydrogens (tertiary/aromatic N) is 4. The molecule has 0 aliphatic heterocycles. The number of hydrogen-bond acceptors (Lipinski definition) is 5. The molecule has 2 heterocycles. The molecule has 0 unspecified atom stereocenters. The molecule has 0 spiro atoms. The van der Waals surface area contributed by atoms with E-state index in [2.05, 4.69) is 181 Å². The molecule has 0 N–H and O–H groups in total. The number of aromatic nitrogens is 3. The van der Waals surface area contributed by atoms with Gasteiger partial charge in [-0.3, -0.25) is 0 Å². The fraction of sp³-hybridized carbons (Fsp3) is 0. The summed E-state index contributed by atoms with van der Waals surface area (Å²) in [5.74, 6) is 1.94. The van der Waals surface area contributed by atoms with Gasteiger partial charge in [0.05, 0.1) is 0 Å². The van der Waals surface area contributed by atoms with Gasteiger partial charge in [0.1, 0.15) is 0 Å². The molecule has 0 bridgehead atoms. The maximum absolute atomic E-state index is 5.18. The van der Waals surface area contributed by atoms with Gasteiger partial charge in [0, 0.05) is 53.9 Å². The Bertz CT molecular complexity index is 2880. The number of hydrogen-bond donors (Lipinski definition) is 0. The molecule has 0 radical (unpaired) electrons. The van der Waals surface area contributed by atoms with Gasteiger partial charge in [-0.15, -0.1) is 11.3 Å². The van der Waals surface area contributed by atoms with Crippen LogP contribution in [0.1, 0.15) is 0 Å². The van der Waals surface area contributed by atoms with Gasteiger partial charge in [-0.1, -0.05) is 146 Å². The highest BCUT2D eigenvalue weighted by Gasteiger charge is 2.19. The number of fused-ring (bicyclic) bond motifs is 4. The van der Waals surface area contributed by atoms with Crippen molar-refractivity contribution in [2.24, 2.45) is 0 Å². The van der Waals surface area contributed by atoms with E-state index in [0.717, 1.165) is 44.7 Å². The van der Waals surface area contributed by atoms with Crippen molar-refractivity contribution in [2.75, 3.05) is 4.90 Å². The SMILES string of the molecule is c1ccc(-c2nc(-c3ccc(-c4ccc5ccccc5c4)cc3)nc(-c3cccc4sc5cc(N(c6ccccc6)c6ccccc6)ccc5c34)n2)cc1. The van der Waals surface area contributed by atoms with Crippen molar-refractivity contribution in [3.63, 3.8) is 0 Å². The Kier molecular flexibility index (Phi) is 7.97. The van der Waals surface area contributed by atoms with Gasteiger partial charge < -0.3 is 4.90 Å². The molecule has 0 fully saturated rings. The lowest BCUT2D eigenvalue weighted by Gasteiger charge is -2.25. The average molecular weight is 709 g/mol. The molecule has 0 saturated carbocycles. The van der Waals surface area contributed by atoms with Crippen molar-refractivity contribution in [3.05, 3.63) is 194 Å². The zero-order valence-electron chi connectivity index (χ0n) is 29.2. The molecule has 2 aromatic heterocycles. The van der Waals surface area contributed by atoms with Crippen LogP contribution in [0, 0.1) is 0 Å². The summed E-state index contributed by atoms with van der Waals surface area (Å²) in [5.41, 5.74) is 8.53. The van der Waals surface area contributed by atoms with Crippen LogP contribution in [0.4, 0.5) is 17.1 Å². The number of rotatable bonds is 7. The van der Waals surface area contributed by atoms with Crippen molar-refractivity contribution in [1.82, 2.24) is 15.0 Å². The second-order valence-electron chi connectivity index (χ2n) is 13.3. The van der Waals surface area contributed by atoms with E-state index >= 15 is 0 Å². The zero-order valence-corrected chi connectivity index (χ0v) is 30.0. The van der Waals surface area contributed by atoms with E-state index in [9.17, 15) is 0 Å². The second kappa shape index (κ2) is 13.6. The average Bonchev–Trinajstić information content (AvgIpc) is 3.63. The Hall–Kier alpha value is -6.95. The Morgan fingerprint density at radius 3 is 1.63 bits per heavy atom. The molecular formula is C49H32N4S. The van der Waals surface area contributed by atoms with Crippen molar-refractivity contribution in [1.29, 1.82) is 0 Å². The van der Waals surface area contributed by atoms with Crippen molar-refractivity contribution in [2.45, 2.75) is 0 Å². The Morgan fingerprint density at radius 1 is 0.352 bits per heavy atom. The van der Waals surface area contributed by atoms with Gasteiger partial charge in [0.15, 0.2) is 17.5 Å². The lowest BCUT2D eigenvalue weighted by Crippen LogP contribution is -2.09. The molecule has 10 aromatic rings. The normalized spacial score (nSPS) is 11.3. The standard InChI is InChI=1S/C49H32N4S/c1-4-14-35(15-5-1)47-50-48(36-26-23-34(24-27-36)38-28-25-33-13-10-11-16-37(33)31-38)52-49(51-47)43-21-12-22-44-46(43)42-30-29-41(32-45(42)54-44)53(39-17-6-2-7-18-39)40-19-8-3-9-20-40/h1-32H. The zero-order chi connectivity index (χ0) is 35.8. The minimum absolute atomic E-state index is 0.643. The van der Waals surface area contributed by atoms with E-state index in [1.54, 1.807) is 11.3 Å². The largest absolute Gasteiger partial charge is 0.310 e. The highest BCUT2D eigenvalue weighted by atomic mass is 32.1. The first-order chi connectivity index (χ1) is 26.7. The van der Waals surface area contributed by atoms with Crippen molar-refractivity contribution in [3.8, 4) is 45.3 Å². The Morgan fingerprint density at radius 2 is 0.926 bits per heavy atom. The smallest absolute Gasteiger partial charge is 0.164 e. The summed E-state index contributed by atoms with van der Waals surface area (Å²) in [7, 11) is 0. The Balaban J connectivity index is 1.09. The minimum Gasteiger partial charge on any atom is -0.310 e. The quantitative estimate of drug-likeness (QED) is 0.165. The van der Waals surface area contributed by atoms with Gasteiger partial charge in [-0.25, -0.2) is 15.0 Å². The topological polar surface area (TPSA) is 41.9 Å². The Labute approximate surface area is 317 Å². The number of thiophene rings is 1. The first-order valence-electron chi connectivity index (χ1n) is 18.0. The third-order valence-electron chi connectivity index (χ3n) is 9.90. The summed E-state index contributed by atoms with van der Waals surface area (Å²) in [6.45, 7) is 0. The molecule has 254 valence electrons. The van der Waals surface area contributed by atoms with Crippen LogP contribution in [0.25, 0.3) is 76.2 Å². The van der Waals surface area contributed by atoms with Crippen LogP contribution >= 0.6 is 11.3 Å². The molecule has 4 nitrogen and oxygen atoms in total. The van der Waals surface area contributed by atoms with Gasteiger partial charge in [0.25, 0.3) is 0 Å². The van der Waals surface area contributed by atoms with Crippen LogP contribution in [0.3, 0.4) is 0 Å². The highest BCUT2D eigenvalue weighted by Crippen LogP contribution is 2.43. The predicted octanol–water partition coefficient (Wildman–Crippen LogP) is 13.5. The molecule has 54 heavy (non-hydrogen) atoms. The van der Waals surface area contributed by atoms with Gasteiger partial charge >= 0.3 is 0 Å². The molecule has 5 heteroatoms. The van der Waals surface area contributed by atoms with Crippen molar-refractivity contribution < 1.29 is 0 Å². The predicted molar refractivity (Wildman–Crippen MR) is 227 cm³/mol. The van der Waals surface area contributed by atoms with Crippen LogP contribution in [-0.4, -0.2) is 15.0 Å². The summed E-state index contributed by atoms with van der Waals surface area (Å²) in [5, 5.41) is 4.79. The van der Waals surface area contributed by atoms with E-state index in [-0.39, 0.29) is 0 Å². The summed E-state index contributed by atoms with van der Waals surface area (Å²) < 4.78 is 2.39. The summed E-state index contributed by atoms with van der Waals surface area (Å²) in [4.78, 5) is 17.7. The molecule has 8 aromatic carbocycles. The molecule has 0 aliphatic rings. The first kappa shape index (κ1) is 31.8. The van der Waals surface area contributed by atoms with E-state index in [0.29, 0.717) is 17.5 Å². The first-order valence-corrected chi connectivity index (χ1v) is 18.8. The number of para-hydroxylation sites is 2. The van der Waals surface area contributed by atoms with Crippen LogP contribution in [-0.2, 0) is 0 Å². The molecule has 0 atom stereocenters.